The van der Waals surface area contributed by atoms with E-state index in [2.05, 4.69) is 9.97 Å². The number of rotatable bonds is 3. The summed E-state index contributed by atoms with van der Waals surface area (Å²) in [5.41, 5.74) is 0.206. The zero-order valence-electron chi connectivity index (χ0n) is 11.2. The summed E-state index contributed by atoms with van der Waals surface area (Å²) in [6.07, 6.45) is 6.93. The Morgan fingerprint density at radius 3 is 2.86 bits per heavy atom. The molecule has 0 bridgehead atoms. The van der Waals surface area contributed by atoms with Gasteiger partial charge in [0.05, 0.1) is 12.1 Å². The second-order valence-electron chi connectivity index (χ2n) is 4.14. The quantitative estimate of drug-likeness (QED) is 0.734. The predicted molar refractivity (Wildman–Crippen MR) is 86.7 cm³/mol. The number of hydrogen-bond acceptors (Lipinski definition) is 6. The van der Waals surface area contributed by atoms with Crippen LogP contribution >= 0.6 is 34.3 Å². The van der Waals surface area contributed by atoms with Gasteiger partial charge >= 0.3 is 5.56 Å². The highest BCUT2D eigenvalue weighted by Crippen LogP contribution is 2.24. The first-order chi connectivity index (χ1) is 10.1. The van der Waals surface area contributed by atoms with Crippen molar-refractivity contribution >= 4 is 51.4 Å². The van der Waals surface area contributed by atoms with Crippen LogP contribution in [0.15, 0.2) is 17.2 Å². The number of methoxy groups -OCH3 is 1. The smallest absolute Gasteiger partial charge is 0.301 e. The molecule has 0 aliphatic carbocycles. The van der Waals surface area contributed by atoms with Crippen molar-refractivity contribution in [1.29, 1.82) is 0 Å². The molecule has 3 aromatic heterocycles. The lowest BCUT2D eigenvalue weighted by Gasteiger charge is -2.03. The Bertz CT molecular complexity index is 895. The van der Waals surface area contributed by atoms with Crippen molar-refractivity contribution in [2.45, 2.75) is 6.92 Å². The molecule has 8 heteroatoms. The topological polar surface area (TPSA) is 56.5 Å². The molecule has 5 nitrogen and oxygen atoms in total. The molecule has 0 amide bonds. The molecule has 0 aliphatic heterocycles. The van der Waals surface area contributed by atoms with Crippen LogP contribution in [0.4, 0.5) is 0 Å². The molecule has 3 rings (SSSR count). The summed E-state index contributed by atoms with van der Waals surface area (Å²) < 4.78 is 7.08. The van der Waals surface area contributed by atoms with E-state index in [1.54, 1.807) is 29.8 Å². The van der Waals surface area contributed by atoms with Crippen LogP contribution in [0.2, 0.25) is 4.34 Å². The van der Waals surface area contributed by atoms with Gasteiger partial charge in [0, 0.05) is 17.3 Å². The average Bonchev–Trinajstić information content (AvgIpc) is 3.02. The Balaban J connectivity index is 2.12. The summed E-state index contributed by atoms with van der Waals surface area (Å²) in [5, 5.41) is 0.982. The molecule has 21 heavy (non-hydrogen) atoms. The first-order valence-corrected chi connectivity index (χ1v) is 7.96. The highest BCUT2D eigenvalue weighted by Gasteiger charge is 2.13. The van der Waals surface area contributed by atoms with E-state index in [0.29, 0.717) is 15.0 Å². The van der Waals surface area contributed by atoms with Crippen molar-refractivity contribution in [3.8, 4) is 5.75 Å². The van der Waals surface area contributed by atoms with Gasteiger partial charge in [0.25, 0.3) is 0 Å². The van der Waals surface area contributed by atoms with Crippen LogP contribution < -0.4 is 10.3 Å². The minimum atomic E-state index is -0.272. The maximum absolute atomic E-state index is 12.3. The third kappa shape index (κ3) is 2.72. The van der Waals surface area contributed by atoms with Gasteiger partial charge in [-0.3, -0.25) is 9.20 Å². The lowest BCUT2D eigenvalue weighted by atomic mass is 10.3. The molecule has 0 atom stereocenters. The fraction of sp³-hybridized carbons (Fsp3) is 0.154. The fourth-order valence-corrected chi connectivity index (χ4v) is 3.54. The molecule has 0 unspecified atom stereocenters. The van der Waals surface area contributed by atoms with E-state index < -0.39 is 0 Å². The van der Waals surface area contributed by atoms with Gasteiger partial charge < -0.3 is 4.74 Å². The zero-order valence-corrected chi connectivity index (χ0v) is 13.6. The van der Waals surface area contributed by atoms with Gasteiger partial charge in [-0.25, -0.2) is 9.97 Å². The molecule has 108 valence electrons. The Hall–Kier alpha value is -1.70. The van der Waals surface area contributed by atoms with E-state index >= 15 is 0 Å². The summed E-state index contributed by atoms with van der Waals surface area (Å²) in [7, 11) is 1.45. The molecule has 0 fully saturated rings. The van der Waals surface area contributed by atoms with Crippen LogP contribution in [0, 0.1) is 6.92 Å². The van der Waals surface area contributed by atoms with Crippen LogP contribution in [0.3, 0.4) is 0 Å². The van der Waals surface area contributed by atoms with Crippen molar-refractivity contribution < 1.29 is 4.74 Å². The van der Waals surface area contributed by atoms with E-state index in [1.807, 2.05) is 13.0 Å². The van der Waals surface area contributed by atoms with Crippen molar-refractivity contribution in [3.63, 3.8) is 0 Å². The summed E-state index contributed by atoms with van der Waals surface area (Å²) in [4.78, 5) is 22.4. The number of fused-ring (bicyclic) bond motifs is 1. The monoisotopic (exact) mass is 339 g/mol. The van der Waals surface area contributed by atoms with Gasteiger partial charge in [-0.2, -0.15) is 0 Å². The maximum atomic E-state index is 12.3. The van der Waals surface area contributed by atoms with Crippen molar-refractivity contribution in [2.75, 3.05) is 7.11 Å². The third-order valence-corrected chi connectivity index (χ3v) is 4.71. The molecule has 0 N–H and O–H groups in total. The van der Waals surface area contributed by atoms with E-state index in [1.165, 1.54) is 22.8 Å². The van der Waals surface area contributed by atoms with Crippen LogP contribution in [0.1, 0.15) is 15.6 Å². The number of aryl methyl sites for hydroxylation is 1. The van der Waals surface area contributed by atoms with Gasteiger partial charge in [-0.1, -0.05) is 22.9 Å². The molecule has 3 heterocycles. The van der Waals surface area contributed by atoms with Gasteiger partial charge in [0.1, 0.15) is 10.0 Å². The Morgan fingerprint density at radius 2 is 2.19 bits per heavy atom. The lowest BCUT2D eigenvalue weighted by molar-refractivity contribution is 0.404. The highest BCUT2D eigenvalue weighted by atomic mass is 35.5. The minimum absolute atomic E-state index is 0.194. The fourth-order valence-electron chi connectivity index (χ4n) is 1.84. The number of nitrogens with zero attached hydrogens (tertiary/aromatic N) is 3. The average molecular weight is 340 g/mol. The first kappa shape index (κ1) is 14.2. The zero-order chi connectivity index (χ0) is 15.0. The van der Waals surface area contributed by atoms with Gasteiger partial charge in [-0.05, 0) is 19.1 Å². The molecule has 0 aliphatic rings. The van der Waals surface area contributed by atoms with E-state index in [4.69, 9.17) is 16.3 Å². The molecule has 0 aromatic carbocycles. The molecule has 3 aromatic rings. The number of thiazole rings is 2. The van der Waals surface area contributed by atoms with E-state index in [0.717, 1.165) is 9.88 Å². The van der Waals surface area contributed by atoms with Gasteiger partial charge in [0.15, 0.2) is 4.96 Å². The lowest BCUT2D eigenvalue weighted by Crippen LogP contribution is -2.16. The van der Waals surface area contributed by atoms with Crippen LogP contribution in [-0.4, -0.2) is 21.5 Å². The molecule has 0 saturated carbocycles. The summed E-state index contributed by atoms with van der Waals surface area (Å²) >= 11 is 8.74. The van der Waals surface area contributed by atoms with E-state index in [9.17, 15) is 4.79 Å². The minimum Gasteiger partial charge on any atom is -0.490 e. The van der Waals surface area contributed by atoms with Gasteiger partial charge in [0.2, 0.25) is 5.75 Å². The standard InChI is InChI=1S/C13H10ClN3O2S2/c1-7-15-5-8(20-7)3-4-9-11(19-2)12(18)17-6-10(14)21-13(17)16-9/h3-6H,1-2H3. The van der Waals surface area contributed by atoms with Crippen molar-refractivity contribution in [1.82, 2.24) is 14.4 Å². The largest absolute Gasteiger partial charge is 0.490 e. The number of aromatic nitrogens is 3. The van der Waals surface area contributed by atoms with Crippen molar-refractivity contribution in [3.05, 3.63) is 42.7 Å². The third-order valence-electron chi connectivity index (χ3n) is 2.74. The second kappa shape index (κ2) is 5.59. The molecule has 0 spiro atoms. The summed E-state index contributed by atoms with van der Waals surface area (Å²) in [6, 6.07) is 0. The molecular formula is C13H10ClN3O2S2. The van der Waals surface area contributed by atoms with Crippen LogP contribution in [0.5, 0.6) is 5.75 Å². The summed E-state index contributed by atoms with van der Waals surface area (Å²) in [6.45, 7) is 1.94. The van der Waals surface area contributed by atoms with Crippen molar-refractivity contribution in [2.24, 2.45) is 0 Å². The Kier molecular flexibility index (Phi) is 3.79. The molecule has 0 saturated heterocycles. The van der Waals surface area contributed by atoms with Crippen LogP contribution in [0.25, 0.3) is 17.1 Å². The Labute approximate surface area is 133 Å². The SMILES string of the molecule is COc1c(C=Cc2cnc(C)s2)nc2sc(Cl)cn2c1=O. The normalized spacial score (nSPS) is 11.6. The first-order valence-electron chi connectivity index (χ1n) is 5.94. The summed E-state index contributed by atoms with van der Waals surface area (Å²) in [5.74, 6) is 0.194. The molecular weight excluding hydrogens is 330 g/mol. The van der Waals surface area contributed by atoms with E-state index in [-0.39, 0.29) is 11.3 Å². The number of ether oxygens (including phenoxy) is 1. The van der Waals surface area contributed by atoms with Gasteiger partial charge in [-0.15, -0.1) is 11.3 Å². The Morgan fingerprint density at radius 1 is 1.38 bits per heavy atom. The van der Waals surface area contributed by atoms with Crippen LogP contribution in [-0.2, 0) is 0 Å². The predicted octanol–water partition coefficient (Wildman–Crippen LogP) is 3.35. The maximum Gasteiger partial charge on any atom is 0.301 e. The molecule has 0 radical (unpaired) electrons. The highest BCUT2D eigenvalue weighted by molar-refractivity contribution is 7.20. The number of hydrogen-bond donors (Lipinski definition) is 0. The second-order valence-corrected chi connectivity index (χ2v) is 7.05. The number of halogens is 1.